The SMILES string of the molecule is COc1cccc([C@H](Oc2ccc3c(cnn3-c3ccc(F)cc3)c2)[C@H](C)NC(=O)c2cc(C)n(C)n2)c1. The maximum Gasteiger partial charge on any atom is 0.272 e. The molecule has 0 aliphatic heterocycles. The minimum Gasteiger partial charge on any atom is -0.497 e. The first-order valence-corrected chi connectivity index (χ1v) is 12.2. The molecule has 0 aliphatic carbocycles. The zero-order valence-corrected chi connectivity index (χ0v) is 21.6. The molecule has 0 radical (unpaired) electrons. The van der Waals surface area contributed by atoms with Crippen LogP contribution in [-0.2, 0) is 7.05 Å². The molecular weight excluding hydrogens is 485 g/mol. The van der Waals surface area contributed by atoms with E-state index in [0.29, 0.717) is 17.2 Å². The van der Waals surface area contributed by atoms with Crippen molar-refractivity contribution in [1.29, 1.82) is 0 Å². The molecule has 38 heavy (non-hydrogen) atoms. The predicted molar refractivity (Wildman–Crippen MR) is 142 cm³/mol. The predicted octanol–water partition coefficient (Wildman–Crippen LogP) is 5.15. The lowest BCUT2D eigenvalue weighted by molar-refractivity contribution is 0.0876. The fourth-order valence-electron chi connectivity index (χ4n) is 4.32. The zero-order valence-electron chi connectivity index (χ0n) is 21.6. The quantitative estimate of drug-likeness (QED) is 0.310. The number of rotatable bonds is 8. The average Bonchev–Trinajstić information content (AvgIpc) is 3.50. The Morgan fingerprint density at radius 3 is 2.53 bits per heavy atom. The summed E-state index contributed by atoms with van der Waals surface area (Å²) in [5.74, 6) is 0.711. The van der Waals surface area contributed by atoms with Gasteiger partial charge in [0.15, 0.2) is 0 Å². The molecular formula is C29H28FN5O3. The van der Waals surface area contributed by atoms with Crippen molar-refractivity contribution in [3.8, 4) is 17.2 Å². The molecule has 0 unspecified atom stereocenters. The second-order valence-electron chi connectivity index (χ2n) is 9.13. The number of nitrogens with one attached hydrogen (secondary N) is 1. The van der Waals surface area contributed by atoms with Crippen LogP contribution in [0.1, 0.15) is 34.8 Å². The minimum atomic E-state index is -0.525. The number of nitrogens with zero attached hydrogens (tertiary/aromatic N) is 4. The Bertz CT molecular complexity index is 1570. The number of aromatic nitrogens is 4. The number of carbonyl (C=O) groups excluding carboxylic acids is 1. The summed E-state index contributed by atoms with van der Waals surface area (Å²) in [4.78, 5) is 13.0. The van der Waals surface area contributed by atoms with Crippen LogP contribution < -0.4 is 14.8 Å². The lowest BCUT2D eigenvalue weighted by atomic mass is 10.0. The van der Waals surface area contributed by atoms with Crippen molar-refractivity contribution in [1.82, 2.24) is 24.9 Å². The number of hydrogen-bond donors (Lipinski definition) is 1. The summed E-state index contributed by atoms with van der Waals surface area (Å²) in [6.07, 6.45) is 1.21. The van der Waals surface area contributed by atoms with E-state index in [0.717, 1.165) is 27.8 Å². The molecule has 0 saturated heterocycles. The van der Waals surface area contributed by atoms with Gasteiger partial charge in [0.2, 0.25) is 0 Å². The van der Waals surface area contributed by atoms with E-state index in [1.54, 1.807) is 47.9 Å². The summed E-state index contributed by atoms with van der Waals surface area (Å²) in [6.45, 7) is 3.78. The Kier molecular flexibility index (Phi) is 6.83. The van der Waals surface area contributed by atoms with Gasteiger partial charge in [-0.3, -0.25) is 9.48 Å². The van der Waals surface area contributed by atoms with Gasteiger partial charge in [0.25, 0.3) is 5.91 Å². The fourth-order valence-corrected chi connectivity index (χ4v) is 4.32. The minimum absolute atomic E-state index is 0.284. The van der Waals surface area contributed by atoms with Gasteiger partial charge in [-0.25, -0.2) is 9.07 Å². The molecule has 3 aromatic carbocycles. The van der Waals surface area contributed by atoms with Crippen molar-refractivity contribution in [2.45, 2.75) is 26.0 Å². The van der Waals surface area contributed by atoms with Crippen molar-refractivity contribution in [3.63, 3.8) is 0 Å². The van der Waals surface area contributed by atoms with Crippen molar-refractivity contribution >= 4 is 16.8 Å². The Balaban J connectivity index is 1.44. The van der Waals surface area contributed by atoms with E-state index in [4.69, 9.17) is 9.47 Å². The summed E-state index contributed by atoms with van der Waals surface area (Å²) in [6, 6.07) is 20.7. The van der Waals surface area contributed by atoms with Crippen LogP contribution in [0.25, 0.3) is 16.6 Å². The summed E-state index contributed by atoms with van der Waals surface area (Å²) < 4.78 is 28.7. The molecule has 1 N–H and O–H groups in total. The van der Waals surface area contributed by atoms with E-state index in [9.17, 15) is 9.18 Å². The van der Waals surface area contributed by atoms with Gasteiger partial charge in [-0.05, 0) is 80.1 Å². The monoisotopic (exact) mass is 513 g/mol. The van der Waals surface area contributed by atoms with Gasteiger partial charge >= 0.3 is 0 Å². The molecule has 0 spiro atoms. The Hall–Kier alpha value is -4.66. The maximum atomic E-state index is 13.4. The van der Waals surface area contributed by atoms with Crippen LogP contribution in [-0.4, -0.2) is 38.6 Å². The molecule has 0 saturated carbocycles. The van der Waals surface area contributed by atoms with E-state index in [-0.39, 0.29) is 11.7 Å². The third kappa shape index (κ3) is 5.08. The molecule has 1 amide bonds. The van der Waals surface area contributed by atoms with Gasteiger partial charge in [-0.1, -0.05) is 12.1 Å². The van der Waals surface area contributed by atoms with Gasteiger partial charge in [-0.15, -0.1) is 0 Å². The number of methoxy groups -OCH3 is 1. The van der Waals surface area contributed by atoms with Crippen LogP contribution in [0.4, 0.5) is 4.39 Å². The third-order valence-corrected chi connectivity index (χ3v) is 6.46. The highest BCUT2D eigenvalue weighted by Crippen LogP contribution is 2.30. The Morgan fingerprint density at radius 2 is 1.82 bits per heavy atom. The smallest absolute Gasteiger partial charge is 0.272 e. The summed E-state index contributed by atoms with van der Waals surface area (Å²) >= 11 is 0. The molecule has 2 aromatic heterocycles. The number of fused-ring (bicyclic) bond motifs is 1. The highest BCUT2D eigenvalue weighted by Gasteiger charge is 2.25. The van der Waals surface area contributed by atoms with Gasteiger partial charge in [-0.2, -0.15) is 10.2 Å². The van der Waals surface area contributed by atoms with Crippen molar-refractivity contribution < 1.29 is 18.7 Å². The second kappa shape index (κ2) is 10.4. The number of amides is 1. The van der Waals surface area contributed by atoms with Gasteiger partial charge in [0.1, 0.15) is 29.1 Å². The van der Waals surface area contributed by atoms with E-state index in [1.807, 2.05) is 56.3 Å². The number of ether oxygens (including phenoxy) is 2. The number of halogens is 1. The highest BCUT2D eigenvalue weighted by atomic mass is 19.1. The van der Waals surface area contributed by atoms with Gasteiger partial charge in [0, 0.05) is 18.1 Å². The molecule has 194 valence electrons. The topological polar surface area (TPSA) is 83.2 Å². The van der Waals surface area contributed by atoms with Crippen LogP contribution in [0.15, 0.2) is 79.0 Å². The van der Waals surface area contributed by atoms with E-state index < -0.39 is 12.1 Å². The summed E-state index contributed by atoms with van der Waals surface area (Å²) in [7, 11) is 3.41. The Labute approximate surface area is 219 Å². The van der Waals surface area contributed by atoms with Crippen molar-refractivity contribution in [3.05, 3.63) is 102 Å². The zero-order chi connectivity index (χ0) is 26.8. The molecule has 8 nitrogen and oxygen atoms in total. The van der Waals surface area contributed by atoms with Crippen molar-refractivity contribution in [2.75, 3.05) is 7.11 Å². The maximum absolute atomic E-state index is 13.4. The molecule has 0 bridgehead atoms. The van der Waals surface area contributed by atoms with Crippen molar-refractivity contribution in [2.24, 2.45) is 7.05 Å². The largest absolute Gasteiger partial charge is 0.497 e. The van der Waals surface area contributed by atoms with E-state index >= 15 is 0 Å². The standard InChI is InChI=1S/C29H28FN5O3/c1-18-14-26(33-34(18)3)29(36)32-19(2)28(20-6-5-7-24(15-20)37-4)38-25-12-13-27-21(16-25)17-31-35(27)23-10-8-22(30)9-11-23/h5-17,19,28H,1-4H3,(H,32,36)/t19-,28+/m0/s1. The third-order valence-electron chi connectivity index (χ3n) is 6.46. The molecule has 9 heteroatoms. The number of benzene rings is 3. The number of carbonyl (C=O) groups is 1. The molecule has 5 rings (SSSR count). The van der Waals surface area contributed by atoms with Crippen LogP contribution >= 0.6 is 0 Å². The normalized spacial score (nSPS) is 12.8. The average molecular weight is 514 g/mol. The lowest BCUT2D eigenvalue weighted by Gasteiger charge is -2.26. The first-order valence-electron chi connectivity index (χ1n) is 12.2. The number of aryl methyl sites for hydroxylation is 2. The first kappa shape index (κ1) is 25.0. The molecule has 0 aliphatic rings. The molecule has 2 atom stereocenters. The van der Waals surface area contributed by atoms with Gasteiger partial charge in [0.05, 0.1) is 30.6 Å². The number of hydrogen-bond acceptors (Lipinski definition) is 5. The van der Waals surface area contributed by atoms with Crippen LogP contribution in [0.3, 0.4) is 0 Å². The molecule has 0 fully saturated rings. The fraction of sp³-hybridized carbons (Fsp3) is 0.207. The van der Waals surface area contributed by atoms with E-state index in [2.05, 4.69) is 15.5 Å². The first-order chi connectivity index (χ1) is 18.3. The van der Waals surface area contributed by atoms with E-state index in [1.165, 1.54) is 12.1 Å². The Morgan fingerprint density at radius 1 is 1.03 bits per heavy atom. The molecule has 2 heterocycles. The lowest BCUT2D eigenvalue weighted by Crippen LogP contribution is -2.39. The van der Waals surface area contributed by atoms with Crippen LogP contribution in [0, 0.1) is 12.7 Å². The van der Waals surface area contributed by atoms with Gasteiger partial charge < -0.3 is 14.8 Å². The highest BCUT2D eigenvalue weighted by molar-refractivity contribution is 5.92. The summed E-state index contributed by atoms with van der Waals surface area (Å²) in [5.41, 5.74) is 3.68. The van der Waals surface area contributed by atoms with Crippen LogP contribution in [0.2, 0.25) is 0 Å². The summed E-state index contributed by atoms with van der Waals surface area (Å²) in [5, 5.41) is 12.6. The molecule has 5 aromatic rings. The second-order valence-corrected chi connectivity index (χ2v) is 9.13. The van der Waals surface area contributed by atoms with Crippen LogP contribution in [0.5, 0.6) is 11.5 Å².